The minimum absolute atomic E-state index is 0.0890. The number of sulfonamides is 1. The van der Waals surface area contributed by atoms with Gasteiger partial charge in [-0.3, -0.25) is 4.79 Å². The Morgan fingerprint density at radius 1 is 1.19 bits per heavy atom. The van der Waals surface area contributed by atoms with E-state index in [9.17, 15) is 13.2 Å². The fourth-order valence-electron chi connectivity index (χ4n) is 3.46. The highest BCUT2D eigenvalue weighted by atomic mass is 35.5. The lowest BCUT2D eigenvalue weighted by molar-refractivity contribution is -0.125. The fraction of sp³-hybridized carbons (Fsp3) is 0.409. The van der Waals surface area contributed by atoms with Gasteiger partial charge in [0.2, 0.25) is 15.9 Å². The second-order valence-corrected chi connectivity index (χ2v) is 11.6. The first-order valence-electron chi connectivity index (χ1n) is 10.1. The van der Waals surface area contributed by atoms with Gasteiger partial charge in [0.25, 0.3) is 0 Å². The number of hydrogen-bond donors (Lipinski definition) is 1. The molecule has 0 bridgehead atoms. The Balaban J connectivity index is 1.50. The Hall–Kier alpha value is -1.25. The van der Waals surface area contributed by atoms with Gasteiger partial charge in [-0.1, -0.05) is 47.0 Å². The topological polar surface area (TPSA) is 66.5 Å². The van der Waals surface area contributed by atoms with Gasteiger partial charge < -0.3 is 5.32 Å². The molecule has 31 heavy (non-hydrogen) atoms. The van der Waals surface area contributed by atoms with Crippen molar-refractivity contribution in [2.24, 2.45) is 5.92 Å². The molecule has 1 heterocycles. The summed E-state index contributed by atoms with van der Waals surface area (Å²) in [5.41, 5.74) is 1.72. The Labute approximate surface area is 198 Å². The largest absolute Gasteiger partial charge is 0.355 e. The molecule has 1 N–H and O–H groups in total. The zero-order valence-corrected chi connectivity index (χ0v) is 20.5. The SMILES string of the molecule is Cc1ccc(SCCNC(=O)[C@@H]2CCCN(S(=O)(=O)Cc3ccc(Cl)cc3Cl)C2)cc1. The maximum absolute atomic E-state index is 12.9. The number of carbonyl (C=O) groups is 1. The van der Waals surface area contributed by atoms with Crippen LogP contribution >= 0.6 is 35.0 Å². The molecule has 1 amide bonds. The minimum atomic E-state index is -3.58. The Morgan fingerprint density at radius 3 is 2.65 bits per heavy atom. The number of rotatable bonds is 8. The maximum Gasteiger partial charge on any atom is 0.224 e. The third kappa shape index (κ3) is 7.12. The second-order valence-electron chi connectivity index (χ2n) is 7.64. The van der Waals surface area contributed by atoms with Gasteiger partial charge in [0, 0.05) is 40.3 Å². The third-order valence-electron chi connectivity index (χ3n) is 5.19. The number of hydrogen-bond acceptors (Lipinski definition) is 4. The highest BCUT2D eigenvalue weighted by Crippen LogP contribution is 2.26. The molecule has 1 aliphatic rings. The van der Waals surface area contributed by atoms with Gasteiger partial charge in [-0.2, -0.15) is 0 Å². The van der Waals surface area contributed by atoms with Crippen molar-refractivity contribution >= 4 is 50.9 Å². The summed E-state index contributed by atoms with van der Waals surface area (Å²) in [4.78, 5) is 13.8. The molecular formula is C22H26Cl2N2O3S2. The summed E-state index contributed by atoms with van der Waals surface area (Å²) in [7, 11) is -3.58. The summed E-state index contributed by atoms with van der Waals surface area (Å²) >= 11 is 13.7. The van der Waals surface area contributed by atoms with Crippen molar-refractivity contribution < 1.29 is 13.2 Å². The van der Waals surface area contributed by atoms with Crippen LogP contribution in [0, 0.1) is 12.8 Å². The van der Waals surface area contributed by atoms with Crippen molar-refractivity contribution in [3.63, 3.8) is 0 Å². The average molecular weight is 502 g/mol. The smallest absolute Gasteiger partial charge is 0.224 e. The third-order valence-corrected chi connectivity index (χ3v) is 8.59. The van der Waals surface area contributed by atoms with Gasteiger partial charge in [0.05, 0.1) is 11.7 Å². The minimum Gasteiger partial charge on any atom is -0.355 e. The van der Waals surface area contributed by atoms with Crippen LogP contribution in [-0.4, -0.2) is 44.0 Å². The molecule has 0 aliphatic carbocycles. The Bertz CT molecular complexity index is 1010. The van der Waals surface area contributed by atoms with E-state index in [-0.39, 0.29) is 24.1 Å². The number of thioether (sulfide) groups is 1. The lowest BCUT2D eigenvalue weighted by Crippen LogP contribution is -2.46. The molecule has 1 atom stereocenters. The molecule has 3 rings (SSSR count). The number of aryl methyl sites for hydroxylation is 1. The number of benzene rings is 2. The van der Waals surface area contributed by atoms with Crippen LogP contribution in [0.3, 0.4) is 0 Å². The number of piperidine rings is 1. The standard InChI is InChI=1S/C22H26Cl2N2O3S2/c1-16-4-8-20(9-5-16)30-12-10-25-22(27)17-3-2-11-26(14-17)31(28,29)15-18-6-7-19(23)13-21(18)24/h4-9,13,17H,2-3,10-12,14-15H2,1H3,(H,25,27)/t17-/m1/s1. The number of carbonyl (C=O) groups excluding carboxylic acids is 1. The highest BCUT2D eigenvalue weighted by molar-refractivity contribution is 7.99. The fourth-order valence-corrected chi connectivity index (χ4v) is 6.42. The first kappa shape index (κ1) is 24.4. The van der Waals surface area contributed by atoms with E-state index in [1.165, 1.54) is 15.9 Å². The molecule has 2 aromatic rings. The maximum atomic E-state index is 12.9. The van der Waals surface area contributed by atoms with E-state index < -0.39 is 10.0 Å². The van der Waals surface area contributed by atoms with Crippen LogP contribution in [0.4, 0.5) is 0 Å². The van der Waals surface area contributed by atoms with Crippen LogP contribution in [0.2, 0.25) is 10.0 Å². The molecule has 9 heteroatoms. The normalized spacial score (nSPS) is 17.5. The number of halogens is 2. The van der Waals surface area contributed by atoms with Gasteiger partial charge in [-0.05, 0) is 49.6 Å². The van der Waals surface area contributed by atoms with Crippen molar-refractivity contribution in [2.45, 2.75) is 30.4 Å². The van der Waals surface area contributed by atoms with Gasteiger partial charge in [0.15, 0.2) is 0 Å². The van der Waals surface area contributed by atoms with Crippen molar-refractivity contribution in [2.75, 3.05) is 25.4 Å². The van der Waals surface area contributed by atoms with E-state index in [2.05, 4.69) is 29.6 Å². The van der Waals surface area contributed by atoms with Gasteiger partial charge in [-0.15, -0.1) is 11.8 Å². The van der Waals surface area contributed by atoms with Crippen LogP contribution < -0.4 is 5.32 Å². The van der Waals surface area contributed by atoms with Crippen molar-refractivity contribution in [3.05, 3.63) is 63.6 Å². The first-order chi connectivity index (χ1) is 14.7. The van der Waals surface area contributed by atoms with Crippen molar-refractivity contribution in [3.8, 4) is 0 Å². The lowest BCUT2D eigenvalue weighted by Gasteiger charge is -2.31. The highest BCUT2D eigenvalue weighted by Gasteiger charge is 2.32. The van der Waals surface area contributed by atoms with E-state index in [0.717, 1.165) is 10.6 Å². The van der Waals surface area contributed by atoms with Crippen molar-refractivity contribution in [1.29, 1.82) is 0 Å². The quantitative estimate of drug-likeness (QED) is 0.419. The summed E-state index contributed by atoms with van der Waals surface area (Å²) in [5, 5.41) is 3.74. The molecule has 0 spiro atoms. The Morgan fingerprint density at radius 2 is 1.94 bits per heavy atom. The number of amides is 1. The molecule has 1 saturated heterocycles. The summed E-state index contributed by atoms with van der Waals surface area (Å²) in [6.07, 6.45) is 1.34. The lowest BCUT2D eigenvalue weighted by atomic mass is 9.99. The van der Waals surface area contributed by atoms with Gasteiger partial charge in [0.1, 0.15) is 0 Å². The molecule has 1 fully saturated rings. The summed E-state index contributed by atoms with van der Waals surface area (Å²) in [5.74, 6) is 0.130. The van der Waals surface area contributed by atoms with Crippen LogP contribution in [0.1, 0.15) is 24.0 Å². The second kappa shape index (κ2) is 11.1. The molecule has 0 unspecified atom stereocenters. The number of nitrogens with one attached hydrogen (secondary N) is 1. The van der Waals surface area contributed by atoms with Gasteiger partial charge >= 0.3 is 0 Å². The molecular weight excluding hydrogens is 475 g/mol. The monoisotopic (exact) mass is 500 g/mol. The van der Waals surface area contributed by atoms with Crippen molar-refractivity contribution in [1.82, 2.24) is 9.62 Å². The summed E-state index contributed by atoms with van der Waals surface area (Å²) in [6, 6.07) is 13.1. The molecule has 0 aromatic heterocycles. The van der Waals surface area contributed by atoms with Crippen LogP contribution in [0.15, 0.2) is 47.4 Å². The molecule has 0 radical (unpaired) electrons. The average Bonchev–Trinajstić information content (AvgIpc) is 2.74. The molecule has 0 saturated carbocycles. The predicted octanol–water partition coefficient (Wildman–Crippen LogP) is 4.75. The van der Waals surface area contributed by atoms with E-state index in [1.807, 2.05) is 6.92 Å². The Kier molecular flexibility index (Phi) is 8.70. The zero-order valence-electron chi connectivity index (χ0n) is 17.3. The predicted molar refractivity (Wildman–Crippen MR) is 128 cm³/mol. The summed E-state index contributed by atoms with van der Waals surface area (Å²) < 4.78 is 27.2. The van der Waals surface area contributed by atoms with E-state index in [0.29, 0.717) is 41.5 Å². The van der Waals surface area contributed by atoms with Gasteiger partial charge in [-0.25, -0.2) is 12.7 Å². The molecule has 1 aliphatic heterocycles. The van der Waals surface area contributed by atoms with Crippen LogP contribution in [0.25, 0.3) is 0 Å². The van der Waals surface area contributed by atoms with E-state index in [4.69, 9.17) is 23.2 Å². The zero-order chi connectivity index (χ0) is 22.4. The molecule has 5 nitrogen and oxygen atoms in total. The molecule has 168 valence electrons. The van der Waals surface area contributed by atoms with E-state index >= 15 is 0 Å². The van der Waals surface area contributed by atoms with Crippen LogP contribution in [0.5, 0.6) is 0 Å². The first-order valence-corrected chi connectivity index (χ1v) is 13.5. The summed E-state index contributed by atoms with van der Waals surface area (Å²) in [6.45, 7) is 3.21. The molecule has 2 aromatic carbocycles. The van der Waals surface area contributed by atoms with Crippen LogP contribution in [-0.2, 0) is 20.6 Å². The van der Waals surface area contributed by atoms with E-state index in [1.54, 1.807) is 23.9 Å². The number of nitrogens with zero attached hydrogens (tertiary/aromatic N) is 1.